The van der Waals surface area contributed by atoms with Crippen molar-refractivity contribution in [3.63, 3.8) is 0 Å². The molecule has 0 aliphatic carbocycles. The van der Waals surface area contributed by atoms with Gasteiger partial charge in [-0.05, 0) is 44.2 Å². The summed E-state index contributed by atoms with van der Waals surface area (Å²) in [6.07, 6.45) is -10.0. The molecule has 4 N–H and O–H groups in total. The van der Waals surface area contributed by atoms with E-state index < -0.39 is 35.2 Å². The molecule has 7 nitrogen and oxygen atoms in total. The van der Waals surface area contributed by atoms with Crippen LogP contribution in [0.4, 0.5) is 54.3 Å². The van der Waals surface area contributed by atoms with Crippen LogP contribution in [-0.4, -0.2) is 29.1 Å². The molecule has 0 unspecified atom stereocenters. The van der Waals surface area contributed by atoms with Gasteiger partial charge < -0.3 is 21.3 Å². The number of halogens is 6. The van der Waals surface area contributed by atoms with Gasteiger partial charge in [-0.3, -0.25) is 0 Å². The number of carbonyl (C=O) groups is 1. The Balaban J connectivity index is 1.56. The highest BCUT2D eigenvalue weighted by atomic mass is 19.4. The van der Waals surface area contributed by atoms with E-state index >= 15 is 0 Å². The number of amides is 2. The van der Waals surface area contributed by atoms with Crippen molar-refractivity contribution in [1.82, 2.24) is 15.3 Å². The van der Waals surface area contributed by atoms with Crippen molar-refractivity contribution in [3.8, 4) is 0 Å². The lowest BCUT2D eigenvalue weighted by molar-refractivity contribution is -0.143. The fourth-order valence-electron chi connectivity index (χ4n) is 3.05. The third-order valence-electron chi connectivity index (χ3n) is 4.72. The van der Waals surface area contributed by atoms with Gasteiger partial charge in [0.15, 0.2) is 0 Å². The third kappa shape index (κ3) is 7.75. The first-order chi connectivity index (χ1) is 16.8. The average Bonchev–Trinajstić information content (AvgIpc) is 2.76. The molecule has 192 valence electrons. The number of hydrogen-bond acceptors (Lipinski definition) is 5. The number of nitrogens with one attached hydrogen (secondary N) is 4. The minimum absolute atomic E-state index is 0.0171. The molecule has 0 aliphatic rings. The van der Waals surface area contributed by atoms with Gasteiger partial charge in [0.2, 0.25) is 5.95 Å². The van der Waals surface area contributed by atoms with Gasteiger partial charge in [-0.1, -0.05) is 17.7 Å². The predicted octanol–water partition coefficient (Wildman–Crippen LogP) is 6.11. The van der Waals surface area contributed by atoms with Crippen molar-refractivity contribution >= 4 is 29.2 Å². The monoisotopic (exact) mass is 512 g/mol. The Morgan fingerprint density at radius 1 is 0.806 bits per heavy atom. The van der Waals surface area contributed by atoms with Crippen LogP contribution >= 0.6 is 0 Å². The molecular weight excluding hydrogens is 490 g/mol. The summed E-state index contributed by atoms with van der Waals surface area (Å²) in [5.74, 6) is 0.795. The van der Waals surface area contributed by atoms with E-state index in [1.54, 1.807) is 13.0 Å². The van der Waals surface area contributed by atoms with Crippen molar-refractivity contribution in [2.24, 2.45) is 0 Å². The molecule has 0 saturated carbocycles. The summed E-state index contributed by atoms with van der Waals surface area (Å²) in [7, 11) is 0. The topological polar surface area (TPSA) is 91.0 Å². The second kappa shape index (κ2) is 10.7. The molecule has 0 radical (unpaired) electrons. The quantitative estimate of drug-likeness (QED) is 0.227. The molecule has 3 aromatic rings. The second-order valence-electron chi connectivity index (χ2n) is 7.81. The molecule has 0 bridgehead atoms. The number of alkyl halides is 6. The highest BCUT2D eigenvalue weighted by Crippen LogP contribution is 2.37. The highest BCUT2D eigenvalue weighted by Gasteiger charge is 2.37. The number of carbonyl (C=O) groups excluding carboxylic acids is 1. The molecule has 36 heavy (non-hydrogen) atoms. The van der Waals surface area contributed by atoms with Gasteiger partial charge in [0, 0.05) is 36.2 Å². The summed E-state index contributed by atoms with van der Waals surface area (Å²) in [4.78, 5) is 20.6. The largest absolute Gasteiger partial charge is 0.416 e. The SMILES string of the molecule is Cc1ccc(Nc2cc(C)nc(NCCNC(=O)Nc3cc(C(F)(F)F)cc(C(F)(F)F)c3)n2)cc1. The molecule has 2 amide bonds. The number of nitrogens with zero attached hydrogens (tertiary/aromatic N) is 2. The normalized spacial score (nSPS) is 11.7. The highest BCUT2D eigenvalue weighted by molar-refractivity contribution is 5.89. The number of anilines is 4. The van der Waals surface area contributed by atoms with E-state index in [1.807, 2.05) is 36.5 Å². The second-order valence-corrected chi connectivity index (χ2v) is 7.81. The van der Waals surface area contributed by atoms with Gasteiger partial charge in [-0.2, -0.15) is 31.3 Å². The van der Waals surface area contributed by atoms with E-state index in [-0.39, 0.29) is 25.1 Å². The van der Waals surface area contributed by atoms with Gasteiger partial charge >= 0.3 is 18.4 Å². The number of benzene rings is 2. The number of rotatable bonds is 7. The Hall–Kier alpha value is -4.03. The lowest BCUT2D eigenvalue weighted by Gasteiger charge is -2.15. The van der Waals surface area contributed by atoms with E-state index in [9.17, 15) is 31.1 Å². The Labute approximate surface area is 202 Å². The minimum atomic E-state index is -5.01. The molecule has 1 heterocycles. The van der Waals surface area contributed by atoms with Crippen LogP contribution in [-0.2, 0) is 12.4 Å². The predicted molar refractivity (Wildman–Crippen MR) is 123 cm³/mol. The summed E-state index contributed by atoms with van der Waals surface area (Å²) in [6.45, 7) is 3.85. The van der Waals surface area contributed by atoms with Gasteiger partial charge in [0.25, 0.3) is 0 Å². The maximum atomic E-state index is 13.0. The van der Waals surface area contributed by atoms with E-state index in [0.29, 0.717) is 23.6 Å². The number of aryl methyl sites for hydroxylation is 2. The summed E-state index contributed by atoms with van der Waals surface area (Å²) in [6, 6.07) is 9.26. The van der Waals surface area contributed by atoms with Gasteiger partial charge in [0.1, 0.15) is 5.82 Å². The van der Waals surface area contributed by atoms with Crippen LogP contribution in [0.25, 0.3) is 0 Å². The van der Waals surface area contributed by atoms with Crippen molar-refractivity contribution in [2.75, 3.05) is 29.0 Å². The van der Waals surface area contributed by atoms with Gasteiger partial charge in [0.05, 0.1) is 11.1 Å². The Kier molecular flexibility index (Phi) is 7.90. The van der Waals surface area contributed by atoms with Crippen molar-refractivity contribution in [1.29, 1.82) is 0 Å². The van der Waals surface area contributed by atoms with Crippen LogP contribution < -0.4 is 21.3 Å². The van der Waals surface area contributed by atoms with Crippen molar-refractivity contribution < 1.29 is 31.1 Å². The van der Waals surface area contributed by atoms with E-state index in [0.717, 1.165) is 11.3 Å². The summed E-state index contributed by atoms with van der Waals surface area (Å²) in [5.41, 5.74) is -1.10. The van der Waals surface area contributed by atoms with Gasteiger partial charge in [-0.25, -0.2) is 9.78 Å². The summed E-state index contributed by atoms with van der Waals surface area (Å²) >= 11 is 0. The summed E-state index contributed by atoms with van der Waals surface area (Å²) in [5, 5.41) is 10.4. The number of aromatic nitrogens is 2. The lowest BCUT2D eigenvalue weighted by atomic mass is 10.1. The fraction of sp³-hybridized carbons (Fsp3) is 0.261. The van der Waals surface area contributed by atoms with Crippen molar-refractivity contribution in [2.45, 2.75) is 26.2 Å². The zero-order valence-corrected chi connectivity index (χ0v) is 19.1. The summed E-state index contributed by atoms with van der Waals surface area (Å²) < 4.78 is 77.7. The molecule has 13 heteroatoms. The van der Waals surface area contributed by atoms with E-state index in [2.05, 4.69) is 25.9 Å². The van der Waals surface area contributed by atoms with Crippen LogP contribution in [0.3, 0.4) is 0 Å². The standard InChI is InChI=1S/C23H22F6N6O/c1-13-3-5-17(6-4-13)33-19-9-14(2)32-20(35-19)30-7-8-31-21(36)34-18-11-15(22(24,25)26)10-16(12-18)23(27,28)29/h3-6,9-12H,7-8H2,1-2H3,(H2,31,34,36)(H2,30,32,33,35). The average molecular weight is 512 g/mol. The van der Waals surface area contributed by atoms with Gasteiger partial charge in [-0.15, -0.1) is 0 Å². The van der Waals surface area contributed by atoms with Crippen LogP contribution in [0, 0.1) is 13.8 Å². The zero-order valence-electron chi connectivity index (χ0n) is 19.1. The molecule has 0 spiro atoms. The van der Waals surface area contributed by atoms with Crippen LogP contribution in [0.2, 0.25) is 0 Å². The van der Waals surface area contributed by atoms with Crippen LogP contribution in [0.1, 0.15) is 22.4 Å². The van der Waals surface area contributed by atoms with Crippen LogP contribution in [0.15, 0.2) is 48.5 Å². The number of hydrogen-bond donors (Lipinski definition) is 4. The first-order valence-corrected chi connectivity index (χ1v) is 10.6. The molecule has 0 saturated heterocycles. The maximum absolute atomic E-state index is 13.0. The fourth-order valence-corrected chi connectivity index (χ4v) is 3.05. The first-order valence-electron chi connectivity index (χ1n) is 10.6. The molecule has 0 aliphatic heterocycles. The van der Waals surface area contributed by atoms with Crippen LogP contribution in [0.5, 0.6) is 0 Å². The molecule has 3 rings (SSSR count). The molecule has 0 atom stereocenters. The molecular formula is C23H22F6N6O. The lowest BCUT2D eigenvalue weighted by Crippen LogP contribution is -2.33. The molecule has 0 fully saturated rings. The zero-order chi connectivity index (χ0) is 26.5. The van der Waals surface area contributed by atoms with E-state index in [1.165, 1.54) is 0 Å². The first kappa shape index (κ1) is 26.6. The van der Waals surface area contributed by atoms with Crippen molar-refractivity contribution in [3.05, 3.63) is 70.9 Å². The third-order valence-corrected chi connectivity index (χ3v) is 4.72. The van der Waals surface area contributed by atoms with E-state index in [4.69, 9.17) is 0 Å². The Bertz CT molecular complexity index is 1180. The maximum Gasteiger partial charge on any atom is 0.416 e. The Morgan fingerprint density at radius 2 is 1.42 bits per heavy atom. The minimum Gasteiger partial charge on any atom is -0.352 e. The number of urea groups is 1. The molecule has 2 aromatic carbocycles. The molecule has 1 aromatic heterocycles. The Morgan fingerprint density at radius 3 is 2.00 bits per heavy atom. The smallest absolute Gasteiger partial charge is 0.352 e.